The summed E-state index contributed by atoms with van der Waals surface area (Å²) in [6, 6.07) is 5.69. The predicted molar refractivity (Wildman–Crippen MR) is 132 cm³/mol. The minimum absolute atomic E-state index is 0.0755. The molecule has 0 fully saturated rings. The molecule has 1 aliphatic heterocycles. The fourth-order valence-electron chi connectivity index (χ4n) is 4.66. The molecule has 0 atom stereocenters. The van der Waals surface area contributed by atoms with E-state index < -0.39 is 44.7 Å². The molecule has 0 bridgehead atoms. The van der Waals surface area contributed by atoms with Crippen LogP contribution in [0.4, 0.5) is 33.6 Å². The van der Waals surface area contributed by atoms with Gasteiger partial charge in [0.25, 0.3) is 0 Å². The summed E-state index contributed by atoms with van der Waals surface area (Å²) in [5.74, 6) is -5.29. The quantitative estimate of drug-likeness (QED) is 0.370. The van der Waals surface area contributed by atoms with E-state index in [2.05, 4.69) is 15.1 Å². The van der Waals surface area contributed by atoms with Gasteiger partial charge in [0.05, 0.1) is 17.2 Å². The summed E-state index contributed by atoms with van der Waals surface area (Å²) in [5, 5.41) is 13.9. The zero-order valence-corrected chi connectivity index (χ0v) is 21.6. The van der Waals surface area contributed by atoms with Gasteiger partial charge in [-0.1, -0.05) is 12.1 Å². The van der Waals surface area contributed by atoms with E-state index in [1.165, 1.54) is 22.2 Å². The summed E-state index contributed by atoms with van der Waals surface area (Å²) in [6.07, 6.45) is -2.32. The summed E-state index contributed by atoms with van der Waals surface area (Å²) in [4.78, 5) is 10.4. The summed E-state index contributed by atoms with van der Waals surface area (Å²) < 4.78 is 95.3. The van der Waals surface area contributed by atoms with Crippen LogP contribution < -0.4 is 4.90 Å². The summed E-state index contributed by atoms with van der Waals surface area (Å²) in [6.45, 7) is 0.522. The highest BCUT2D eigenvalue weighted by atomic mass is 32.2. The first-order chi connectivity index (χ1) is 18.2. The summed E-state index contributed by atoms with van der Waals surface area (Å²) in [7, 11) is -0.221. The van der Waals surface area contributed by atoms with Gasteiger partial charge in [0.1, 0.15) is 5.69 Å². The maximum absolute atomic E-state index is 14.7. The van der Waals surface area contributed by atoms with Crippen LogP contribution in [0.5, 0.6) is 5.75 Å². The number of anilines is 2. The largest absolute Gasteiger partial charge is 0.503 e. The van der Waals surface area contributed by atoms with Crippen LogP contribution in [0.1, 0.15) is 16.7 Å². The molecule has 9 nitrogen and oxygen atoms in total. The van der Waals surface area contributed by atoms with Crippen molar-refractivity contribution in [3.63, 3.8) is 0 Å². The number of phenolic OH excluding ortho intramolecular Hbond substituents is 1. The zero-order chi connectivity index (χ0) is 28.4. The number of nitrogens with zero attached hydrogens (tertiary/aromatic N) is 6. The first-order valence-electron chi connectivity index (χ1n) is 11.5. The van der Waals surface area contributed by atoms with Crippen molar-refractivity contribution >= 4 is 32.7 Å². The molecular weight excluding hydrogens is 547 g/mol. The van der Waals surface area contributed by atoms with Crippen molar-refractivity contribution in [3.05, 3.63) is 58.8 Å². The van der Waals surface area contributed by atoms with Crippen LogP contribution in [0.3, 0.4) is 0 Å². The van der Waals surface area contributed by atoms with E-state index in [1.54, 1.807) is 18.0 Å². The minimum atomic E-state index is -5.19. The molecule has 0 unspecified atom stereocenters. The van der Waals surface area contributed by atoms with Gasteiger partial charge < -0.3 is 10.0 Å². The number of alkyl halides is 3. The maximum atomic E-state index is 14.7. The number of hydrogen-bond donors (Lipinski definition) is 1. The minimum Gasteiger partial charge on any atom is -0.503 e. The number of benzene rings is 2. The highest BCUT2D eigenvalue weighted by Gasteiger charge is 2.38. The molecular formula is C24H21F5N6O3S. The third-order valence-electron chi connectivity index (χ3n) is 6.64. The molecule has 2 aromatic heterocycles. The van der Waals surface area contributed by atoms with Gasteiger partial charge in [-0.15, -0.1) is 0 Å². The Hall–Kier alpha value is -3.85. The molecule has 2 aromatic carbocycles. The molecule has 0 spiro atoms. The molecule has 0 aliphatic carbocycles. The summed E-state index contributed by atoms with van der Waals surface area (Å²) in [5.41, 5.74) is -0.291. The lowest BCUT2D eigenvalue weighted by atomic mass is 9.98. The monoisotopic (exact) mass is 568 g/mol. The number of aromatic hydroxyl groups is 1. The van der Waals surface area contributed by atoms with E-state index in [4.69, 9.17) is 0 Å². The van der Waals surface area contributed by atoms with Crippen molar-refractivity contribution in [2.45, 2.75) is 19.1 Å². The van der Waals surface area contributed by atoms with Gasteiger partial charge >= 0.3 is 6.18 Å². The van der Waals surface area contributed by atoms with Gasteiger partial charge in [-0.05, 0) is 29.7 Å². The van der Waals surface area contributed by atoms with Crippen LogP contribution in [-0.4, -0.2) is 57.4 Å². The van der Waals surface area contributed by atoms with Gasteiger partial charge in [0, 0.05) is 44.6 Å². The number of phenols is 1. The number of aromatic nitrogens is 4. The third-order valence-corrected chi connectivity index (χ3v) is 7.89. The molecule has 4 aromatic rings. The van der Waals surface area contributed by atoms with Gasteiger partial charge in [-0.25, -0.2) is 26.9 Å². The lowest BCUT2D eigenvalue weighted by molar-refractivity contribution is -0.140. The lowest BCUT2D eigenvalue weighted by Gasteiger charge is -2.30. The van der Waals surface area contributed by atoms with Gasteiger partial charge in [-0.3, -0.25) is 0 Å². The first-order valence-corrected chi connectivity index (χ1v) is 13.3. The second-order valence-corrected chi connectivity index (χ2v) is 11.1. The molecule has 5 rings (SSSR count). The highest BCUT2D eigenvalue weighted by molar-refractivity contribution is 7.88. The van der Waals surface area contributed by atoms with Crippen LogP contribution >= 0.6 is 0 Å². The van der Waals surface area contributed by atoms with Crippen LogP contribution in [0.25, 0.3) is 22.3 Å². The number of rotatable bonds is 4. The molecule has 15 heteroatoms. The highest BCUT2D eigenvalue weighted by Crippen LogP contribution is 2.41. The zero-order valence-electron chi connectivity index (χ0n) is 20.8. The van der Waals surface area contributed by atoms with Crippen molar-refractivity contribution < 1.29 is 35.5 Å². The second-order valence-electron chi connectivity index (χ2n) is 9.15. The average molecular weight is 569 g/mol. The van der Waals surface area contributed by atoms with Crippen molar-refractivity contribution in [2.24, 2.45) is 7.05 Å². The Labute approximate surface area is 219 Å². The van der Waals surface area contributed by atoms with E-state index in [-0.39, 0.29) is 35.3 Å². The van der Waals surface area contributed by atoms with Crippen LogP contribution in [0.2, 0.25) is 0 Å². The van der Waals surface area contributed by atoms with E-state index >= 15 is 0 Å². The fourth-order valence-corrected chi connectivity index (χ4v) is 5.46. The molecule has 0 saturated heterocycles. The number of fused-ring (bicyclic) bond motifs is 2. The van der Waals surface area contributed by atoms with Crippen molar-refractivity contribution in [1.82, 2.24) is 24.1 Å². The Morgan fingerprint density at radius 2 is 1.87 bits per heavy atom. The molecule has 1 N–H and O–H groups in total. The smallest absolute Gasteiger partial charge is 0.419 e. The molecule has 3 heterocycles. The molecule has 39 heavy (non-hydrogen) atoms. The molecule has 0 saturated carbocycles. The van der Waals surface area contributed by atoms with Gasteiger partial charge in [0.2, 0.25) is 16.0 Å². The lowest BCUT2D eigenvalue weighted by Crippen LogP contribution is -2.35. The number of halogens is 5. The van der Waals surface area contributed by atoms with E-state index in [0.717, 1.165) is 23.1 Å². The second kappa shape index (κ2) is 9.12. The van der Waals surface area contributed by atoms with Crippen LogP contribution in [0, 0.1) is 11.6 Å². The third kappa shape index (κ3) is 4.54. The van der Waals surface area contributed by atoms with Gasteiger partial charge in [-0.2, -0.15) is 27.6 Å². The maximum Gasteiger partial charge on any atom is 0.419 e. The van der Waals surface area contributed by atoms with Crippen molar-refractivity contribution in [2.75, 3.05) is 24.7 Å². The fraction of sp³-hybridized carbons (Fsp3) is 0.292. The molecule has 1 aliphatic rings. The Bertz CT molecular complexity index is 1740. The predicted octanol–water partition coefficient (Wildman–Crippen LogP) is 4.12. The first kappa shape index (κ1) is 26.7. The van der Waals surface area contributed by atoms with E-state index in [9.17, 15) is 35.5 Å². The number of aryl methyl sites for hydroxylation is 1. The van der Waals surface area contributed by atoms with E-state index in [0.29, 0.717) is 13.0 Å². The Morgan fingerprint density at radius 3 is 2.54 bits per heavy atom. The summed E-state index contributed by atoms with van der Waals surface area (Å²) >= 11 is 0. The standard InChI is InChI=1S/C24H21F5N6O3S/c1-33(17-6-4-5-12-11-35(39(3,37)38)8-7-13(12)17)23-30-10-15-20(32-34(2)22(15)31-23)14-9-16(24(27,28)29)19(26)21(36)18(14)25/h4-6,9-10,36H,7-8,11H2,1-3H3. The molecule has 0 amide bonds. The van der Waals surface area contributed by atoms with Gasteiger partial charge in [0.15, 0.2) is 23.0 Å². The normalized spacial score (nSPS) is 14.6. The van der Waals surface area contributed by atoms with Crippen molar-refractivity contribution in [3.8, 4) is 17.0 Å². The van der Waals surface area contributed by atoms with Crippen LogP contribution in [-0.2, 0) is 36.2 Å². The van der Waals surface area contributed by atoms with Crippen LogP contribution in [0.15, 0.2) is 30.5 Å². The average Bonchev–Trinajstić information content (AvgIpc) is 3.20. The van der Waals surface area contributed by atoms with Crippen molar-refractivity contribution in [1.29, 1.82) is 0 Å². The Kier molecular flexibility index (Phi) is 6.25. The number of sulfonamides is 1. The Morgan fingerprint density at radius 1 is 1.15 bits per heavy atom. The number of hydrogen-bond acceptors (Lipinski definition) is 7. The Balaban J connectivity index is 1.57. The SMILES string of the molecule is CN(c1ncc2c(-c3cc(C(F)(F)F)c(F)c(O)c3F)nn(C)c2n1)c1cccc2c1CCN(S(C)(=O)=O)C2. The molecule has 0 radical (unpaired) electrons. The van der Waals surface area contributed by atoms with E-state index in [1.807, 2.05) is 12.1 Å². The topological polar surface area (TPSA) is 104 Å². The molecule has 206 valence electrons.